The molecule has 0 aliphatic carbocycles. The van der Waals surface area contributed by atoms with Gasteiger partial charge in [-0.1, -0.05) is 41.9 Å². The monoisotopic (exact) mass is 289 g/mol. The summed E-state index contributed by atoms with van der Waals surface area (Å²) >= 11 is 6.07. The summed E-state index contributed by atoms with van der Waals surface area (Å²) < 4.78 is 19.8. The van der Waals surface area contributed by atoms with E-state index in [0.717, 1.165) is 5.39 Å². The molecule has 2 aromatic carbocycles. The summed E-state index contributed by atoms with van der Waals surface area (Å²) in [7, 11) is 0. The fourth-order valence-corrected chi connectivity index (χ4v) is 2.48. The van der Waals surface area contributed by atoms with Crippen LogP contribution in [0.5, 0.6) is 0 Å². The van der Waals surface area contributed by atoms with Crippen molar-refractivity contribution in [1.29, 1.82) is 0 Å². The standard InChI is InChI=1S/C16H13ClFNO/c1-9-4-2-6-11(14(9)18)15(19)13-8-10-5-3-7-12(17)16(10)20-13/h2-8,15H,19H2,1H3. The molecule has 1 atom stereocenters. The molecule has 20 heavy (non-hydrogen) atoms. The van der Waals surface area contributed by atoms with Crippen LogP contribution in [0.1, 0.15) is 22.9 Å². The van der Waals surface area contributed by atoms with Gasteiger partial charge in [-0.3, -0.25) is 0 Å². The third-order valence-corrected chi connectivity index (χ3v) is 3.68. The van der Waals surface area contributed by atoms with E-state index in [1.54, 1.807) is 37.3 Å². The van der Waals surface area contributed by atoms with Gasteiger partial charge in [0, 0.05) is 10.9 Å². The normalized spacial score (nSPS) is 12.8. The molecular weight excluding hydrogens is 277 g/mol. The average Bonchev–Trinajstić information content (AvgIpc) is 2.87. The van der Waals surface area contributed by atoms with Gasteiger partial charge in [-0.2, -0.15) is 0 Å². The van der Waals surface area contributed by atoms with E-state index in [0.29, 0.717) is 27.5 Å². The fraction of sp³-hybridized carbons (Fsp3) is 0.125. The lowest BCUT2D eigenvalue weighted by atomic mass is 10.0. The molecule has 0 aliphatic heterocycles. The molecule has 0 radical (unpaired) electrons. The predicted octanol–water partition coefficient (Wildman–Crippen LogP) is 4.58. The van der Waals surface area contributed by atoms with Gasteiger partial charge in [-0.15, -0.1) is 0 Å². The number of fused-ring (bicyclic) bond motifs is 1. The maximum Gasteiger partial charge on any atom is 0.152 e. The minimum atomic E-state index is -0.654. The Morgan fingerprint density at radius 1 is 1.20 bits per heavy atom. The molecule has 0 aliphatic rings. The highest BCUT2D eigenvalue weighted by molar-refractivity contribution is 6.34. The van der Waals surface area contributed by atoms with Crippen LogP contribution >= 0.6 is 11.6 Å². The van der Waals surface area contributed by atoms with Crippen LogP contribution in [-0.2, 0) is 0 Å². The molecule has 102 valence electrons. The van der Waals surface area contributed by atoms with Gasteiger partial charge >= 0.3 is 0 Å². The Morgan fingerprint density at radius 3 is 2.70 bits per heavy atom. The zero-order valence-corrected chi connectivity index (χ0v) is 11.6. The van der Waals surface area contributed by atoms with Crippen LogP contribution in [0.25, 0.3) is 11.0 Å². The molecule has 4 heteroatoms. The molecule has 3 rings (SSSR count). The molecule has 0 bridgehead atoms. The number of furan rings is 1. The first-order valence-electron chi connectivity index (χ1n) is 6.26. The Labute approximate surface area is 121 Å². The maximum atomic E-state index is 14.1. The van der Waals surface area contributed by atoms with Crippen molar-refractivity contribution in [2.24, 2.45) is 5.73 Å². The molecule has 2 nitrogen and oxygen atoms in total. The van der Waals surface area contributed by atoms with Crippen molar-refractivity contribution in [3.05, 3.63) is 70.2 Å². The van der Waals surface area contributed by atoms with E-state index in [2.05, 4.69) is 0 Å². The van der Waals surface area contributed by atoms with Crippen LogP contribution in [-0.4, -0.2) is 0 Å². The van der Waals surface area contributed by atoms with Crippen molar-refractivity contribution >= 4 is 22.6 Å². The minimum absolute atomic E-state index is 0.299. The van der Waals surface area contributed by atoms with E-state index in [4.69, 9.17) is 21.8 Å². The fourth-order valence-electron chi connectivity index (χ4n) is 2.26. The van der Waals surface area contributed by atoms with Gasteiger partial charge < -0.3 is 10.2 Å². The van der Waals surface area contributed by atoms with Gasteiger partial charge in [0.25, 0.3) is 0 Å². The molecule has 0 spiro atoms. The number of nitrogens with two attached hydrogens (primary N) is 1. The summed E-state index contributed by atoms with van der Waals surface area (Å²) in [6, 6.07) is 11.8. The molecule has 0 saturated carbocycles. The molecule has 1 unspecified atom stereocenters. The van der Waals surface area contributed by atoms with Crippen LogP contribution < -0.4 is 5.73 Å². The van der Waals surface area contributed by atoms with Gasteiger partial charge in [0.1, 0.15) is 11.6 Å². The molecule has 0 fully saturated rings. The number of halogens is 2. The third kappa shape index (κ3) is 2.09. The van der Waals surface area contributed by atoms with Crippen molar-refractivity contribution in [3.8, 4) is 0 Å². The zero-order valence-electron chi connectivity index (χ0n) is 10.9. The second-order valence-corrected chi connectivity index (χ2v) is 5.17. The van der Waals surface area contributed by atoms with Crippen LogP contribution in [0.15, 0.2) is 46.9 Å². The Hall–Kier alpha value is -1.84. The highest BCUT2D eigenvalue weighted by Gasteiger charge is 2.19. The smallest absolute Gasteiger partial charge is 0.152 e. The Bertz CT molecular complexity index is 781. The second kappa shape index (κ2) is 4.93. The summed E-state index contributed by atoms with van der Waals surface area (Å²) in [4.78, 5) is 0. The molecule has 0 amide bonds. The first-order chi connectivity index (χ1) is 9.58. The SMILES string of the molecule is Cc1cccc(C(N)c2cc3cccc(Cl)c3o2)c1F. The van der Waals surface area contributed by atoms with Gasteiger partial charge in [0.05, 0.1) is 11.1 Å². The summed E-state index contributed by atoms with van der Waals surface area (Å²) in [6.07, 6.45) is 0. The van der Waals surface area contributed by atoms with Crippen molar-refractivity contribution in [2.45, 2.75) is 13.0 Å². The van der Waals surface area contributed by atoms with Gasteiger partial charge in [-0.05, 0) is 24.6 Å². The van der Waals surface area contributed by atoms with Crippen molar-refractivity contribution < 1.29 is 8.81 Å². The quantitative estimate of drug-likeness (QED) is 0.750. The van der Waals surface area contributed by atoms with E-state index < -0.39 is 6.04 Å². The van der Waals surface area contributed by atoms with Crippen molar-refractivity contribution in [3.63, 3.8) is 0 Å². The van der Waals surface area contributed by atoms with E-state index in [9.17, 15) is 4.39 Å². The lowest BCUT2D eigenvalue weighted by molar-refractivity contribution is 0.509. The Balaban J connectivity index is 2.10. The molecular formula is C16H13ClFNO. The van der Waals surface area contributed by atoms with E-state index >= 15 is 0 Å². The molecule has 3 aromatic rings. The second-order valence-electron chi connectivity index (χ2n) is 4.76. The Kier molecular flexibility index (Phi) is 3.24. The predicted molar refractivity (Wildman–Crippen MR) is 78.4 cm³/mol. The topological polar surface area (TPSA) is 39.2 Å². The van der Waals surface area contributed by atoms with Crippen LogP contribution in [0.2, 0.25) is 5.02 Å². The van der Waals surface area contributed by atoms with Crippen molar-refractivity contribution in [2.75, 3.05) is 0 Å². The summed E-state index contributed by atoms with van der Waals surface area (Å²) in [5.74, 6) is 0.198. The molecule has 1 heterocycles. The minimum Gasteiger partial charge on any atom is -0.457 e. The van der Waals surface area contributed by atoms with Gasteiger partial charge in [0.15, 0.2) is 5.58 Å². The number of hydrogen-bond donors (Lipinski definition) is 1. The maximum absolute atomic E-state index is 14.1. The number of hydrogen-bond acceptors (Lipinski definition) is 2. The van der Waals surface area contributed by atoms with Gasteiger partial charge in [0.2, 0.25) is 0 Å². The molecule has 0 saturated heterocycles. The largest absolute Gasteiger partial charge is 0.457 e. The summed E-state index contributed by atoms with van der Waals surface area (Å²) in [5.41, 5.74) is 7.68. The molecule has 1 aromatic heterocycles. The van der Waals surface area contributed by atoms with Crippen LogP contribution in [0, 0.1) is 12.7 Å². The van der Waals surface area contributed by atoms with Crippen LogP contribution in [0.4, 0.5) is 4.39 Å². The summed E-state index contributed by atoms with van der Waals surface area (Å²) in [5, 5.41) is 1.38. The van der Waals surface area contributed by atoms with Crippen LogP contribution in [0.3, 0.4) is 0 Å². The number of rotatable bonds is 2. The lowest BCUT2D eigenvalue weighted by Crippen LogP contribution is -2.13. The lowest BCUT2D eigenvalue weighted by Gasteiger charge is -2.11. The highest BCUT2D eigenvalue weighted by Crippen LogP contribution is 2.32. The van der Waals surface area contributed by atoms with Crippen molar-refractivity contribution in [1.82, 2.24) is 0 Å². The van der Waals surface area contributed by atoms with E-state index in [1.807, 2.05) is 12.1 Å². The third-order valence-electron chi connectivity index (χ3n) is 3.38. The Morgan fingerprint density at radius 2 is 1.95 bits per heavy atom. The first-order valence-corrected chi connectivity index (χ1v) is 6.64. The number of aryl methyl sites for hydroxylation is 1. The first kappa shape index (κ1) is 13.2. The summed E-state index contributed by atoms with van der Waals surface area (Å²) in [6.45, 7) is 1.71. The van der Waals surface area contributed by atoms with Gasteiger partial charge in [-0.25, -0.2) is 4.39 Å². The molecule has 2 N–H and O–H groups in total. The average molecular weight is 290 g/mol. The zero-order chi connectivity index (χ0) is 14.3. The number of benzene rings is 2. The van der Waals surface area contributed by atoms with E-state index in [1.165, 1.54) is 0 Å². The highest BCUT2D eigenvalue weighted by atomic mass is 35.5. The van der Waals surface area contributed by atoms with E-state index in [-0.39, 0.29) is 5.82 Å². The number of para-hydroxylation sites is 1.